The van der Waals surface area contributed by atoms with Crippen molar-refractivity contribution in [2.45, 2.75) is 38.6 Å². The fourth-order valence-corrected chi connectivity index (χ4v) is 2.64. The number of nitrogens with zero attached hydrogens (tertiary/aromatic N) is 1. The summed E-state index contributed by atoms with van der Waals surface area (Å²) >= 11 is 0. The maximum absolute atomic E-state index is 10.6. The van der Waals surface area contributed by atoms with E-state index in [-0.39, 0.29) is 5.54 Å². The quantitative estimate of drug-likeness (QED) is 0.592. The van der Waals surface area contributed by atoms with Crippen molar-refractivity contribution in [3.8, 4) is 5.75 Å². The molecule has 1 aromatic rings. The van der Waals surface area contributed by atoms with Gasteiger partial charge < -0.3 is 4.74 Å². The van der Waals surface area contributed by atoms with Crippen molar-refractivity contribution < 1.29 is 9.53 Å². The molecule has 3 heteroatoms. The van der Waals surface area contributed by atoms with Crippen LogP contribution in [0.4, 0.5) is 0 Å². The molecule has 2 rings (SSSR count). The van der Waals surface area contributed by atoms with E-state index < -0.39 is 0 Å². The predicted molar refractivity (Wildman–Crippen MR) is 66.1 cm³/mol. The van der Waals surface area contributed by atoms with Crippen molar-refractivity contribution in [2.24, 2.45) is 4.99 Å². The number of aryl methyl sites for hydroxylation is 2. The third-order valence-corrected chi connectivity index (χ3v) is 3.67. The van der Waals surface area contributed by atoms with E-state index in [0.29, 0.717) is 0 Å². The molecule has 1 saturated carbocycles. The minimum Gasteiger partial charge on any atom is -0.496 e. The Morgan fingerprint density at radius 1 is 1.29 bits per heavy atom. The fourth-order valence-electron chi connectivity index (χ4n) is 2.64. The van der Waals surface area contributed by atoms with E-state index in [1.54, 1.807) is 13.2 Å². The number of benzene rings is 1. The summed E-state index contributed by atoms with van der Waals surface area (Å²) in [5.74, 6) is 0.865. The Morgan fingerprint density at radius 3 is 2.41 bits per heavy atom. The maximum Gasteiger partial charge on any atom is 0.235 e. The second-order valence-corrected chi connectivity index (χ2v) is 4.70. The molecular formula is C14H17NO2. The zero-order valence-electron chi connectivity index (χ0n) is 10.5. The van der Waals surface area contributed by atoms with Crippen LogP contribution in [0, 0.1) is 13.8 Å². The second-order valence-electron chi connectivity index (χ2n) is 4.70. The molecule has 1 aliphatic rings. The molecule has 0 radical (unpaired) electrons. The fraction of sp³-hybridized carbons (Fsp3) is 0.500. The number of aliphatic imine (C=N–C) groups is 1. The lowest BCUT2D eigenvalue weighted by molar-refractivity contribution is 0.244. The van der Waals surface area contributed by atoms with E-state index in [9.17, 15) is 4.79 Å². The Balaban J connectivity index is 2.64. The van der Waals surface area contributed by atoms with E-state index in [4.69, 9.17) is 4.74 Å². The van der Waals surface area contributed by atoms with Gasteiger partial charge in [-0.1, -0.05) is 12.1 Å². The summed E-state index contributed by atoms with van der Waals surface area (Å²) in [6, 6.07) is 4.10. The first kappa shape index (κ1) is 11.9. The number of ether oxygens (including phenoxy) is 1. The summed E-state index contributed by atoms with van der Waals surface area (Å²) in [6.45, 7) is 4.05. The summed E-state index contributed by atoms with van der Waals surface area (Å²) < 4.78 is 5.50. The molecule has 0 spiro atoms. The number of carbonyl (C=O) groups excluding carboxylic acids is 1. The summed E-state index contributed by atoms with van der Waals surface area (Å²) in [5.41, 5.74) is 2.89. The molecular weight excluding hydrogens is 214 g/mol. The van der Waals surface area contributed by atoms with Gasteiger partial charge in [-0.05, 0) is 44.2 Å². The van der Waals surface area contributed by atoms with Gasteiger partial charge in [0.25, 0.3) is 0 Å². The number of rotatable bonds is 3. The zero-order chi connectivity index (χ0) is 12.5. The first-order valence-corrected chi connectivity index (χ1v) is 5.88. The number of methoxy groups -OCH3 is 1. The van der Waals surface area contributed by atoms with Gasteiger partial charge in [0.05, 0.1) is 7.11 Å². The third-order valence-electron chi connectivity index (χ3n) is 3.67. The molecule has 17 heavy (non-hydrogen) atoms. The highest BCUT2D eigenvalue weighted by Gasteiger charge is 2.42. The SMILES string of the molecule is COc1c(C)ccc(C)c1C1(N=C=O)CCC1. The molecule has 1 aliphatic carbocycles. The standard InChI is InChI=1S/C14H17NO2/c1-10-5-6-11(2)13(17-3)12(10)14(15-9-16)7-4-8-14/h5-6H,4,7-8H2,1-3H3. The van der Waals surface area contributed by atoms with Crippen LogP contribution in [0.2, 0.25) is 0 Å². The summed E-state index contributed by atoms with van der Waals surface area (Å²) in [4.78, 5) is 14.7. The van der Waals surface area contributed by atoms with Crippen LogP contribution in [0.5, 0.6) is 5.75 Å². The van der Waals surface area contributed by atoms with Crippen LogP contribution >= 0.6 is 0 Å². The van der Waals surface area contributed by atoms with Crippen molar-refractivity contribution in [1.29, 1.82) is 0 Å². The van der Waals surface area contributed by atoms with Crippen molar-refractivity contribution >= 4 is 6.08 Å². The van der Waals surface area contributed by atoms with Crippen LogP contribution in [-0.4, -0.2) is 13.2 Å². The Bertz CT molecular complexity index is 483. The van der Waals surface area contributed by atoms with E-state index in [1.165, 1.54) is 0 Å². The molecule has 0 amide bonds. The average molecular weight is 231 g/mol. The van der Waals surface area contributed by atoms with Crippen LogP contribution < -0.4 is 4.74 Å². The van der Waals surface area contributed by atoms with Gasteiger partial charge in [0.2, 0.25) is 6.08 Å². The van der Waals surface area contributed by atoms with Crippen molar-refractivity contribution in [3.05, 3.63) is 28.8 Å². The number of hydrogen-bond acceptors (Lipinski definition) is 3. The molecule has 1 aromatic carbocycles. The molecule has 0 aromatic heterocycles. The summed E-state index contributed by atoms with van der Waals surface area (Å²) in [5, 5.41) is 0. The van der Waals surface area contributed by atoms with Gasteiger partial charge in [0.15, 0.2) is 0 Å². The molecule has 0 atom stereocenters. The predicted octanol–water partition coefficient (Wildman–Crippen LogP) is 3.03. The van der Waals surface area contributed by atoms with E-state index in [0.717, 1.165) is 41.7 Å². The van der Waals surface area contributed by atoms with Crippen molar-refractivity contribution in [3.63, 3.8) is 0 Å². The lowest BCUT2D eigenvalue weighted by atomic mass is 9.70. The molecule has 0 saturated heterocycles. The molecule has 1 fully saturated rings. The highest BCUT2D eigenvalue weighted by molar-refractivity contribution is 5.52. The highest BCUT2D eigenvalue weighted by atomic mass is 16.5. The van der Waals surface area contributed by atoms with Crippen LogP contribution in [0.3, 0.4) is 0 Å². The van der Waals surface area contributed by atoms with E-state index in [2.05, 4.69) is 11.1 Å². The molecule has 0 aliphatic heterocycles. The second kappa shape index (κ2) is 4.34. The Labute approximate surface area is 102 Å². The summed E-state index contributed by atoms with van der Waals surface area (Å²) in [6.07, 6.45) is 4.64. The lowest BCUT2D eigenvalue weighted by Crippen LogP contribution is -2.33. The van der Waals surface area contributed by atoms with E-state index >= 15 is 0 Å². The normalized spacial score (nSPS) is 16.9. The highest BCUT2D eigenvalue weighted by Crippen LogP contribution is 2.50. The Morgan fingerprint density at radius 2 is 1.94 bits per heavy atom. The van der Waals surface area contributed by atoms with E-state index in [1.807, 2.05) is 19.9 Å². The molecule has 0 unspecified atom stereocenters. The number of hydrogen-bond donors (Lipinski definition) is 0. The van der Waals surface area contributed by atoms with Crippen molar-refractivity contribution in [2.75, 3.05) is 7.11 Å². The van der Waals surface area contributed by atoms with Crippen LogP contribution in [0.1, 0.15) is 36.0 Å². The monoisotopic (exact) mass is 231 g/mol. The van der Waals surface area contributed by atoms with Crippen LogP contribution in [0.15, 0.2) is 17.1 Å². The first-order chi connectivity index (χ1) is 8.14. The Hall–Kier alpha value is -1.60. The first-order valence-electron chi connectivity index (χ1n) is 5.88. The lowest BCUT2D eigenvalue weighted by Gasteiger charge is -2.39. The van der Waals surface area contributed by atoms with Crippen LogP contribution in [0.25, 0.3) is 0 Å². The smallest absolute Gasteiger partial charge is 0.235 e. The minimum atomic E-state index is -0.386. The molecule has 3 nitrogen and oxygen atoms in total. The minimum absolute atomic E-state index is 0.386. The topological polar surface area (TPSA) is 38.7 Å². The third kappa shape index (κ3) is 1.77. The molecule has 0 bridgehead atoms. The van der Waals surface area contributed by atoms with Gasteiger partial charge in [-0.2, -0.15) is 4.99 Å². The van der Waals surface area contributed by atoms with Gasteiger partial charge in [-0.25, -0.2) is 4.79 Å². The van der Waals surface area contributed by atoms with Crippen LogP contribution in [-0.2, 0) is 10.3 Å². The molecule has 0 heterocycles. The van der Waals surface area contributed by atoms with Gasteiger partial charge in [0, 0.05) is 5.56 Å². The van der Waals surface area contributed by atoms with Gasteiger partial charge in [0.1, 0.15) is 11.3 Å². The Kier molecular flexibility index (Phi) is 3.03. The van der Waals surface area contributed by atoms with Gasteiger partial charge in [-0.3, -0.25) is 0 Å². The molecule has 90 valence electrons. The number of isocyanates is 1. The zero-order valence-corrected chi connectivity index (χ0v) is 10.5. The largest absolute Gasteiger partial charge is 0.496 e. The van der Waals surface area contributed by atoms with Gasteiger partial charge in [-0.15, -0.1) is 0 Å². The average Bonchev–Trinajstić information content (AvgIpc) is 2.27. The molecule has 0 N–H and O–H groups in total. The maximum atomic E-state index is 10.6. The summed E-state index contributed by atoms with van der Waals surface area (Å²) in [7, 11) is 1.67. The van der Waals surface area contributed by atoms with Crippen molar-refractivity contribution in [1.82, 2.24) is 0 Å². The van der Waals surface area contributed by atoms with Gasteiger partial charge >= 0.3 is 0 Å².